The van der Waals surface area contributed by atoms with Crippen LogP contribution in [0.1, 0.15) is 39.0 Å². The van der Waals surface area contributed by atoms with Crippen molar-refractivity contribution in [2.45, 2.75) is 39.0 Å². The molecule has 22 heavy (non-hydrogen) atoms. The molecule has 128 valence electrons. The third kappa shape index (κ3) is 5.43. The first-order chi connectivity index (χ1) is 10.5. The molecule has 0 aromatic carbocycles. The predicted molar refractivity (Wildman–Crippen MR) is 90.5 cm³/mol. The second-order valence-electron chi connectivity index (χ2n) is 6.63. The first-order valence-corrected chi connectivity index (χ1v) is 10.1. The van der Waals surface area contributed by atoms with Crippen LogP contribution in [0.2, 0.25) is 0 Å². The highest BCUT2D eigenvalue weighted by molar-refractivity contribution is 7.89. The van der Waals surface area contributed by atoms with Crippen LogP contribution in [0.25, 0.3) is 0 Å². The van der Waals surface area contributed by atoms with E-state index in [4.69, 9.17) is 0 Å². The normalized spacial score (nSPS) is 24.2. The summed E-state index contributed by atoms with van der Waals surface area (Å²) in [5, 5.41) is 3.19. The molecule has 0 aromatic heterocycles. The third-order valence-corrected chi connectivity index (χ3v) is 5.99. The van der Waals surface area contributed by atoms with Crippen LogP contribution in [0.15, 0.2) is 4.99 Å². The quantitative estimate of drug-likeness (QED) is 0.563. The number of guanidine groups is 1. The Labute approximate surface area is 134 Å². The molecule has 2 aliphatic rings. The van der Waals surface area contributed by atoms with Crippen molar-refractivity contribution in [1.29, 1.82) is 0 Å². The van der Waals surface area contributed by atoms with Crippen LogP contribution < -0.4 is 10.0 Å². The first kappa shape index (κ1) is 17.5. The van der Waals surface area contributed by atoms with E-state index in [1.54, 1.807) is 7.05 Å². The van der Waals surface area contributed by atoms with Gasteiger partial charge in [0.2, 0.25) is 10.0 Å². The Morgan fingerprint density at radius 1 is 1.27 bits per heavy atom. The van der Waals surface area contributed by atoms with Crippen LogP contribution in [-0.2, 0) is 10.0 Å². The molecule has 0 bridgehead atoms. The summed E-state index contributed by atoms with van der Waals surface area (Å²) in [6, 6.07) is 0. The number of hydrogen-bond donors (Lipinski definition) is 2. The zero-order valence-electron chi connectivity index (χ0n) is 13.8. The van der Waals surface area contributed by atoms with E-state index in [1.807, 2.05) is 0 Å². The van der Waals surface area contributed by atoms with Crippen molar-refractivity contribution < 1.29 is 8.42 Å². The Morgan fingerprint density at radius 2 is 2.05 bits per heavy atom. The van der Waals surface area contributed by atoms with E-state index in [0.717, 1.165) is 31.9 Å². The van der Waals surface area contributed by atoms with Gasteiger partial charge >= 0.3 is 0 Å². The van der Waals surface area contributed by atoms with Gasteiger partial charge in [-0.3, -0.25) is 4.99 Å². The molecule has 1 aliphatic carbocycles. The van der Waals surface area contributed by atoms with Gasteiger partial charge in [0.05, 0.1) is 5.75 Å². The van der Waals surface area contributed by atoms with Gasteiger partial charge in [0.1, 0.15) is 0 Å². The standard InChI is InChI=1S/C15H30N4O2S/c1-13-5-4-9-19(12-13)15(16-2)17-8-10-22(20,21)18-11-14-6-3-7-14/h13-14,18H,3-12H2,1-2H3,(H,16,17). The first-order valence-electron chi connectivity index (χ1n) is 8.43. The fourth-order valence-corrected chi connectivity index (χ4v) is 4.03. The maximum absolute atomic E-state index is 12.0. The molecule has 1 saturated heterocycles. The van der Waals surface area contributed by atoms with Crippen molar-refractivity contribution in [3.05, 3.63) is 0 Å². The average Bonchev–Trinajstić information content (AvgIpc) is 2.41. The van der Waals surface area contributed by atoms with Crippen molar-refractivity contribution in [1.82, 2.24) is 14.9 Å². The Bertz CT molecular complexity index is 474. The molecule has 0 radical (unpaired) electrons. The summed E-state index contributed by atoms with van der Waals surface area (Å²) in [7, 11) is -1.43. The summed E-state index contributed by atoms with van der Waals surface area (Å²) in [5.74, 6) is 2.13. The van der Waals surface area contributed by atoms with E-state index in [-0.39, 0.29) is 5.75 Å². The molecule has 1 unspecified atom stereocenters. The SMILES string of the molecule is CN=C(NCCS(=O)(=O)NCC1CCC1)N1CCCC(C)C1. The van der Waals surface area contributed by atoms with Gasteiger partial charge in [0, 0.05) is 33.2 Å². The largest absolute Gasteiger partial charge is 0.355 e. The van der Waals surface area contributed by atoms with E-state index in [0.29, 0.717) is 24.9 Å². The second kappa shape index (κ2) is 8.15. The molecule has 2 fully saturated rings. The van der Waals surface area contributed by atoms with Gasteiger partial charge in [0.15, 0.2) is 5.96 Å². The Balaban J connectivity index is 1.71. The second-order valence-corrected chi connectivity index (χ2v) is 8.56. The highest BCUT2D eigenvalue weighted by atomic mass is 32.2. The molecule has 6 nitrogen and oxygen atoms in total. The van der Waals surface area contributed by atoms with E-state index >= 15 is 0 Å². The molecule has 0 aromatic rings. The zero-order valence-corrected chi connectivity index (χ0v) is 14.7. The summed E-state index contributed by atoms with van der Waals surface area (Å²) in [6.45, 7) is 5.23. The Hall–Kier alpha value is -0.820. The average molecular weight is 330 g/mol. The minimum atomic E-state index is -3.18. The lowest BCUT2D eigenvalue weighted by molar-refractivity contribution is 0.266. The zero-order chi connectivity index (χ0) is 16.0. The smallest absolute Gasteiger partial charge is 0.213 e. The van der Waals surface area contributed by atoms with Crippen molar-refractivity contribution in [2.24, 2.45) is 16.8 Å². The lowest BCUT2D eigenvalue weighted by atomic mass is 9.86. The van der Waals surface area contributed by atoms with Crippen molar-refractivity contribution in [3.63, 3.8) is 0 Å². The molecule has 2 N–H and O–H groups in total. The van der Waals surface area contributed by atoms with Crippen LogP contribution in [0.5, 0.6) is 0 Å². The van der Waals surface area contributed by atoms with Gasteiger partial charge in [-0.25, -0.2) is 13.1 Å². The van der Waals surface area contributed by atoms with Gasteiger partial charge in [0.25, 0.3) is 0 Å². The van der Waals surface area contributed by atoms with Gasteiger partial charge in [-0.15, -0.1) is 0 Å². The van der Waals surface area contributed by atoms with Crippen molar-refractivity contribution in [2.75, 3.05) is 39.0 Å². The summed E-state index contributed by atoms with van der Waals surface area (Å²) in [4.78, 5) is 6.50. The lowest BCUT2D eigenvalue weighted by Crippen LogP contribution is -2.47. The molecule has 1 heterocycles. The summed E-state index contributed by atoms with van der Waals surface area (Å²) >= 11 is 0. The van der Waals surface area contributed by atoms with Crippen molar-refractivity contribution >= 4 is 16.0 Å². The summed E-state index contributed by atoms with van der Waals surface area (Å²) < 4.78 is 26.7. The van der Waals surface area contributed by atoms with E-state index in [9.17, 15) is 8.42 Å². The number of rotatable bonds is 6. The molecule has 1 atom stereocenters. The number of nitrogens with zero attached hydrogens (tertiary/aromatic N) is 2. The van der Waals surface area contributed by atoms with Crippen LogP contribution >= 0.6 is 0 Å². The van der Waals surface area contributed by atoms with Gasteiger partial charge in [-0.2, -0.15) is 0 Å². The Morgan fingerprint density at radius 3 is 2.64 bits per heavy atom. The van der Waals surface area contributed by atoms with E-state index < -0.39 is 10.0 Å². The van der Waals surface area contributed by atoms with Crippen LogP contribution in [0.4, 0.5) is 0 Å². The molecule has 7 heteroatoms. The topological polar surface area (TPSA) is 73.8 Å². The van der Waals surface area contributed by atoms with Crippen LogP contribution in [-0.4, -0.2) is 58.3 Å². The molecular weight excluding hydrogens is 300 g/mol. The fourth-order valence-electron chi connectivity index (χ4n) is 3.03. The highest BCUT2D eigenvalue weighted by Gasteiger charge is 2.21. The molecule has 1 saturated carbocycles. The number of hydrogen-bond acceptors (Lipinski definition) is 3. The molecule has 1 aliphatic heterocycles. The fraction of sp³-hybridized carbons (Fsp3) is 0.933. The van der Waals surface area contributed by atoms with Crippen molar-refractivity contribution in [3.8, 4) is 0 Å². The number of nitrogens with one attached hydrogen (secondary N) is 2. The Kier molecular flexibility index (Phi) is 6.50. The molecule has 2 rings (SSSR count). The monoisotopic (exact) mass is 330 g/mol. The summed E-state index contributed by atoms with van der Waals surface area (Å²) in [6.07, 6.45) is 5.97. The number of aliphatic imine (C=N–C) groups is 1. The molecule has 0 spiro atoms. The van der Waals surface area contributed by atoms with Gasteiger partial charge in [-0.1, -0.05) is 13.3 Å². The lowest BCUT2D eigenvalue weighted by Gasteiger charge is -2.33. The minimum Gasteiger partial charge on any atom is -0.355 e. The molecule has 0 amide bonds. The highest BCUT2D eigenvalue weighted by Crippen LogP contribution is 2.25. The maximum Gasteiger partial charge on any atom is 0.213 e. The number of piperidine rings is 1. The molecular formula is C15H30N4O2S. The van der Waals surface area contributed by atoms with Gasteiger partial charge in [-0.05, 0) is 37.5 Å². The van der Waals surface area contributed by atoms with Crippen LogP contribution in [0, 0.1) is 11.8 Å². The predicted octanol–water partition coefficient (Wildman–Crippen LogP) is 1.01. The number of sulfonamides is 1. The maximum atomic E-state index is 12.0. The van der Waals surface area contributed by atoms with E-state index in [1.165, 1.54) is 19.3 Å². The minimum absolute atomic E-state index is 0.0993. The van der Waals surface area contributed by atoms with Gasteiger partial charge < -0.3 is 10.2 Å². The third-order valence-electron chi connectivity index (χ3n) is 4.64. The van der Waals surface area contributed by atoms with Crippen LogP contribution in [0.3, 0.4) is 0 Å². The van der Waals surface area contributed by atoms with E-state index in [2.05, 4.69) is 26.9 Å². The number of likely N-dealkylation sites (tertiary alicyclic amines) is 1. The summed E-state index contributed by atoms with van der Waals surface area (Å²) in [5.41, 5.74) is 0.